The summed E-state index contributed by atoms with van der Waals surface area (Å²) in [6, 6.07) is 9.76. The third-order valence-corrected chi connectivity index (χ3v) is 3.71. The lowest BCUT2D eigenvalue weighted by molar-refractivity contribution is 0.704. The molecule has 3 nitrogen and oxygen atoms in total. The minimum atomic E-state index is 0.750. The summed E-state index contributed by atoms with van der Waals surface area (Å²) in [4.78, 5) is 9.95. The van der Waals surface area contributed by atoms with E-state index in [2.05, 4.69) is 22.2 Å². The van der Waals surface area contributed by atoms with E-state index in [0.29, 0.717) is 0 Å². The summed E-state index contributed by atoms with van der Waals surface area (Å²) in [6.07, 6.45) is 1.81. The summed E-state index contributed by atoms with van der Waals surface area (Å²) < 4.78 is 0. The van der Waals surface area contributed by atoms with E-state index in [9.17, 15) is 0 Å². The van der Waals surface area contributed by atoms with Gasteiger partial charge in [0.1, 0.15) is 5.82 Å². The van der Waals surface area contributed by atoms with E-state index in [1.54, 1.807) is 11.8 Å². The van der Waals surface area contributed by atoms with E-state index in [-0.39, 0.29) is 0 Å². The molecule has 0 saturated carbocycles. The lowest BCUT2D eigenvalue weighted by Crippen LogP contribution is -2.13. The highest BCUT2D eigenvalue weighted by atomic mass is 35.5. The number of rotatable bonds is 6. The number of benzene rings is 1. The first-order chi connectivity index (χ1) is 9.28. The molecule has 0 fully saturated rings. The number of hydrogen-bond acceptors (Lipinski definition) is 4. The zero-order valence-electron chi connectivity index (χ0n) is 10.8. The zero-order chi connectivity index (χ0) is 13.5. The van der Waals surface area contributed by atoms with E-state index < -0.39 is 0 Å². The average Bonchev–Trinajstić information content (AvgIpc) is 2.43. The van der Waals surface area contributed by atoms with Gasteiger partial charge in [-0.1, -0.05) is 24.6 Å². The second kappa shape index (κ2) is 7.48. The Morgan fingerprint density at radius 3 is 3.00 bits per heavy atom. The van der Waals surface area contributed by atoms with Crippen LogP contribution in [0.3, 0.4) is 0 Å². The van der Waals surface area contributed by atoms with Gasteiger partial charge in [0.15, 0.2) is 0 Å². The second-order valence-corrected chi connectivity index (χ2v) is 5.48. The van der Waals surface area contributed by atoms with E-state index >= 15 is 0 Å². The lowest BCUT2D eigenvalue weighted by atomic mass is 10.4. The topological polar surface area (TPSA) is 37.8 Å². The van der Waals surface area contributed by atoms with Gasteiger partial charge in [0.2, 0.25) is 0 Å². The van der Waals surface area contributed by atoms with Crippen molar-refractivity contribution in [3.8, 4) is 0 Å². The summed E-state index contributed by atoms with van der Waals surface area (Å²) >= 11 is 7.65. The molecule has 0 saturated heterocycles. The molecule has 100 valence electrons. The number of nitrogens with zero attached hydrogens (tertiary/aromatic N) is 2. The molecule has 0 radical (unpaired) electrons. The van der Waals surface area contributed by atoms with Crippen LogP contribution in [0.25, 0.3) is 0 Å². The Bertz CT molecular complexity index is 534. The molecule has 0 aliphatic carbocycles. The summed E-state index contributed by atoms with van der Waals surface area (Å²) in [5.74, 6) is 1.60. The highest BCUT2D eigenvalue weighted by molar-refractivity contribution is 7.98. The fraction of sp³-hybridized carbons (Fsp3) is 0.286. The molecule has 2 rings (SSSR count). The van der Waals surface area contributed by atoms with Crippen molar-refractivity contribution < 1.29 is 0 Å². The zero-order valence-corrected chi connectivity index (χ0v) is 12.3. The van der Waals surface area contributed by atoms with E-state index in [1.165, 1.54) is 0 Å². The van der Waals surface area contributed by atoms with Crippen LogP contribution in [0.15, 0.2) is 41.4 Å². The van der Waals surface area contributed by atoms with Crippen LogP contribution in [0, 0.1) is 0 Å². The minimum absolute atomic E-state index is 0.750. The van der Waals surface area contributed by atoms with Crippen LogP contribution in [0.1, 0.15) is 18.4 Å². The van der Waals surface area contributed by atoms with Gasteiger partial charge in [0.25, 0.3) is 0 Å². The molecule has 1 heterocycles. The predicted molar refractivity (Wildman–Crippen MR) is 80.4 cm³/mol. The maximum Gasteiger partial charge on any atom is 0.138 e. The number of halogens is 1. The first kappa shape index (κ1) is 14.3. The molecule has 0 aliphatic heterocycles. The van der Waals surface area contributed by atoms with Crippen LogP contribution < -0.4 is 5.32 Å². The number of nitrogens with one attached hydrogen (secondary N) is 1. The SMILES string of the molecule is CCNCc1ccnc(CSc2cccc(Cl)c2)n1. The maximum absolute atomic E-state index is 5.96. The van der Waals surface area contributed by atoms with Gasteiger partial charge in [-0.25, -0.2) is 9.97 Å². The van der Waals surface area contributed by atoms with Crippen LogP contribution >= 0.6 is 23.4 Å². The second-order valence-electron chi connectivity index (χ2n) is 3.99. The van der Waals surface area contributed by atoms with Crippen LogP contribution in [0.2, 0.25) is 5.02 Å². The molecule has 5 heteroatoms. The Balaban J connectivity index is 1.95. The monoisotopic (exact) mass is 293 g/mol. The molecule has 1 aromatic heterocycles. The summed E-state index contributed by atoms with van der Waals surface area (Å²) in [6.45, 7) is 3.81. The van der Waals surface area contributed by atoms with Gasteiger partial charge in [-0.05, 0) is 30.8 Å². The van der Waals surface area contributed by atoms with Crippen molar-refractivity contribution in [2.24, 2.45) is 0 Å². The summed E-state index contributed by atoms with van der Waals surface area (Å²) in [5, 5.41) is 4.01. The molecular formula is C14H16ClN3S. The van der Waals surface area contributed by atoms with Gasteiger partial charge in [-0.15, -0.1) is 11.8 Å². The Labute approximate surface area is 122 Å². The van der Waals surface area contributed by atoms with E-state index in [1.807, 2.05) is 36.5 Å². The summed E-state index contributed by atoms with van der Waals surface area (Å²) in [5.41, 5.74) is 1.03. The lowest BCUT2D eigenvalue weighted by Gasteiger charge is -2.04. The van der Waals surface area contributed by atoms with Crippen molar-refractivity contribution >= 4 is 23.4 Å². The third kappa shape index (κ3) is 4.82. The van der Waals surface area contributed by atoms with E-state index in [0.717, 1.165) is 40.3 Å². The minimum Gasteiger partial charge on any atom is -0.311 e. The Hall–Kier alpha value is -1.10. The normalized spacial score (nSPS) is 10.6. The van der Waals surface area contributed by atoms with Crippen LogP contribution in [-0.2, 0) is 12.3 Å². The van der Waals surface area contributed by atoms with Crippen molar-refractivity contribution in [3.05, 3.63) is 53.1 Å². The van der Waals surface area contributed by atoms with Gasteiger partial charge < -0.3 is 5.32 Å². The highest BCUT2D eigenvalue weighted by Gasteiger charge is 2.01. The quantitative estimate of drug-likeness (QED) is 0.827. The first-order valence-electron chi connectivity index (χ1n) is 6.18. The molecule has 0 aliphatic rings. The molecular weight excluding hydrogens is 278 g/mol. The Kier molecular flexibility index (Phi) is 5.63. The van der Waals surface area contributed by atoms with Crippen molar-refractivity contribution in [1.29, 1.82) is 0 Å². The van der Waals surface area contributed by atoms with E-state index in [4.69, 9.17) is 11.6 Å². The van der Waals surface area contributed by atoms with Crippen molar-refractivity contribution in [2.45, 2.75) is 24.1 Å². The highest BCUT2D eigenvalue weighted by Crippen LogP contribution is 2.23. The third-order valence-electron chi connectivity index (χ3n) is 2.48. The average molecular weight is 294 g/mol. The van der Waals surface area contributed by atoms with Gasteiger partial charge in [-0.3, -0.25) is 0 Å². The smallest absolute Gasteiger partial charge is 0.138 e. The number of thioether (sulfide) groups is 1. The molecule has 0 amide bonds. The largest absolute Gasteiger partial charge is 0.311 e. The molecule has 0 atom stereocenters. The van der Waals surface area contributed by atoms with Crippen molar-refractivity contribution in [3.63, 3.8) is 0 Å². The Morgan fingerprint density at radius 1 is 1.32 bits per heavy atom. The number of hydrogen-bond donors (Lipinski definition) is 1. The molecule has 0 spiro atoms. The fourth-order valence-electron chi connectivity index (χ4n) is 1.57. The molecule has 1 N–H and O–H groups in total. The summed E-state index contributed by atoms with van der Waals surface area (Å²) in [7, 11) is 0. The standard InChI is InChI=1S/C14H16ClN3S/c1-2-16-9-12-6-7-17-14(18-12)10-19-13-5-3-4-11(15)8-13/h3-8,16H,2,9-10H2,1H3. The van der Waals surface area contributed by atoms with Crippen LogP contribution in [0.5, 0.6) is 0 Å². The van der Waals surface area contributed by atoms with Gasteiger partial charge in [0.05, 0.1) is 11.4 Å². The Morgan fingerprint density at radius 2 is 2.21 bits per heavy atom. The van der Waals surface area contributed by atoms with Crippen molar-refractivity contribution in [1.82, 2.24) is 15.3 Å². The van der Waals surface area contributed by atoms with Gasteiger partial charge >= 0.3 is 0 Å². The van der Waals surface area contributed by atoms with Crippen LogP contribution in [0.4, 0.5) is 0 Å². The predicted octanol–water partition coefficient (Wildman–Crippen LogP) is 3.53. The van der Waals surface area contributed by atoms with Gasteiger partial charge in [-0.2, -0.15) is 0 Å². The molecule has 2 aromatic rings. The number of aromatic nitrogens is 2. The maximum atomic E-state index is 5.96. The fourth-order valence-corrected chi connectivity index (χ4v) is 2.64. The molecule has 0 unspecified atom stereocenters. The molecule has 1 aromatic carbocycles. The van der Waals surface area contributed by atoms with Gasteiger partial charge in [0, 0.05) is 22.7 Å². The van der Waals surface area contributed by atoms with Crippen molar-refractivity contribution in [2.75, 3.05) is 6.54 Å². The first-order valence-corrected chi connectivity index (χ1v) is 7.54. The molecule has 19 heavy (non-hydrogen) atoms. The van der Waals surface area contributed by atoms with Crippen LogP contribution in [-0.4, -0.2) is 16.5 Å². The molecule has 0 bridgehead atoms.